The highest BCUT2D eigenvalue weighted by Gasteiger charge is 2.39. The van der Waals surface area contributed by atoms with Gasteiger partial charge in [0.25, 0.3) is 5.91 Å². The molecule has 2 aliphatic heterocycles. The first kappa shape index (κ1) is 16.9. The van der Waals surface area contributed by atoms with E-state index in [1.54, 1.807) is 0 Å². The number of carbonyl (C=O) groups is 1. The molecule has 0 bridgehead atoms. The molecule has 1 N–H and O–H groups in total. The van der Waals surface area contributed by atoms with Crippen LogP contribution in [0, 0.1) is 25.7 Å². The summed E-state index contributed by atoms with van der Waals surface area (Å²) >= 11 is 0. The lowest BCUT2D eigenvalue weighted by Gasteiger charge is -2.25. The molecule has 1 amide bonds. The van der Waals surface area contributed by atoms with Crippen LogP contribution in [-0.4, -0.2) is 44.7 Å². The second-order valence-corrected chi connectivity index (χ2v) is 8.71. The first-order valence-corrected chi connectivity index (χ1v) is 10.1. The zero-order valence-electron chi connectivity index (χ0n) is 16.1. The number of likely N-dealkylation sites (tertiary alicyclic amines) is 1. The van der Waals surface area contributed by atoms with Gasteiger partial charge in [0.1, 0.15) is 5.82 Å². The SMILES string of the molecule is Cc1cc(C)cc(CN2CC3Cc4nnc(C(=O)NC5CC5)n4CC3C2)c1. The summed E-state index contributed by atoms with van der Waals surface area (Å²) in [5.74, 6) is 2.62. The molecule has 0 radical (unpaired) electrons. The summed E-state index contributed by atoms with van der Waals surface area (Å²) in [6.45, 7) is 8.39. The maximum absolute atomic E-state index is 12.4. The summed E-state index contributed by atoms with van der Waals surface area (Å²) in [7, 11) is 0. The van der Waals surface area contributed by atoms with Crippen molar-refractivity contribution >= 4 is 5.91 Å². The van der Waals surface area contributed by atoms with Gasteiger partial charge in [-0.1, -0.05) is 29.3 Å². The van der Waals surface area contributed by atoms with E-state index < -0.39 is 0 Å². The van der Waals surface area contributed by atoms with Crippen LogP contribution in [-0.2, 0) is 19.5 Å². The Labute approximate surface area is 160 Å². The molecule has 5 rings (SSSR count). The monoisotopic (exact) mass is 365 g/mol. The Morgan fingerprint density at radius 3 is 2.56 bits per heavy atom. The molecular weight excluding hydrogens is 338 g/mol. The van der Waals surface area contributed by atoms with Gasteiger partial charge < -0.3 is 9.88 Å². The van der Waals surface area contributed by atoms with Crippen LogP contribution in [0.3, 0.4) is 0 Å². The Balaban J connectivity index is 1.28. The largest absolute Gasteiger partial charge is 0.347 e. The summed E-state index contributed by atoms with van der Waals surface area (Å²) < 4.78 is 2.07. The quantitative estimate of drug-likeness (QED) is 0.901. The molecular formula is C21H27N5O. The fraction of sp³-hybridized carbons (Fsp3) is 0.571. The van der Waals surface area contributed by atoms with Gasteiger partial charge in [0.2, 0.25) is 5.82 Å². The number of nitrogens with zero attached hydrogens (tertiary/aromatic N) is 4. The predicted octanol–water partition coefficient (Wildman–Crippen LogP) is 2.09. The maximum atomic E-state index is 12.4. The topological polar surface area (TPSA) is 63.1 Å². The molecule has 2 fully saturated rings. The van der Waals surface area contributed by atoms with Crippen LogP contribution in [0.1, 0.15) is 46.0 Å². The number of carbonyl (C=O) groups excluding carboxylic acids is 1. The molecule has 1 aromatic carbocycles. The fourth-order valence-electron chi connectivity index (χ4n) is 4.81. The first-order valence-electron chi connectivity index (χ1n) is 10.1. The molecule has 142 valence electrons. The van der Waals surface area contributed by atoms with Gasteiger partial charge in [-0.05, 0) is 44.1 Å². The minimum atomic E-state index is -0.0558. The van der Waals surface area contributed by atoms with Gasteiger partial charge in [-0.25, -0.2) is 0 Å². The normalized spacial score (nSPS) is 24.5. The molecule has 1 saturated carbocycles. The number of aromatic nitrogens is 3. The second-order valence-electron chi connectivity index (χ2n) is 8.71. The van der Waals surface area contributed by atoms with E-state index in [2.05, 4.69) is 57.0 Å². The number of hydrogen-bond acceptors (Lipinski definition) is 4. The second kappa shape index (κ2) is 6.44. The Hall–Kier alpha value is -2.21. The van der Waals surface area contributed by atoms with Crippen LogP contribution < -0.4 is 5.32 Å². The maximum Gasteiger partial charge on any atom is 0.289 e. The molecule has 3 heterocycles. The minimum absolute atomic E-state index is 0.0558. The van der Waals surface area contributed by atoms with E-state index in [0.717, 1.165) is 51.3 Å². The van der Waals surface area contributed by atoms with Crippen molar-refractivity contribution in [1.82, 2.24) is 25.0 Å². The Morgan fingerprint density at radius 2 is 1.81 bits per heavy atom. The van der Waals surface area contributed by atoms with Crippen molar-refractivity contribution in [3.05, 3.63) is 46.5 Å². The van der Waals surface area contributed by atoms with E-state index in [4.69, 9.17) is 0 Å². The lowest BCUT2D eigenvalue weighted by molar-refractivity contribution is 0.0932. The molecule has 27 heavy (non-hydrogen) atoms. The summed E-state index contributed by atoms with van der Waals surface area (Å²) in [5, 5.41) is 11.6. The number of fused-ring (bicyclic) bond motifs is 2. The molecule has 1 aliphatic carbocycles. The number of amides is 1. The zero-order valence-corrected chi connectivity index (χ0v) is 16.1. The number of hydrogen-bond donors (Lipinski definition) is 1. The van der Waals surface area contributed by atoms with Crippen molar-refractivity contribution in [1.29, 1.82) is 0 Å². The molecule has 2 aromatic rings. The number of benzene rings is 1. The van der Waals surface area contributed by atoms with Crippen LogP contribution in [0.15, 0.2) is 18.2 Å². The number of nitrogens with one attached hydrogen (secondary N) is 1. The van der Waals surface area contributed by atoms with E-state index in [1.165, 1.54) is 16.7 Å². The molecule has 1 saturated heterocycles. The van der Waals surface area contributed by atoms with Gasteiger partial charge in [-0.2, -0.15) is 0 Å². The molecule has 1 aromatic heterocycles. The van der Waals surface area contributed by atoms with Gasteiger partial charge >= 0.3 is 0 Å². The number of aryl methyl sites for hydroxylation is 2. The third kappa shape index (κ3) is 3.38. The third-order valence-electron chi connectivity index (χ3n) is 6.14. The molecule has 6 heteroatoms. The highest BCUT2D eigenvalue weighted by Crippen LogP contribution is 2.33. The molecule has 6 nitrogen and oxygen atoms in total. The molecule has 0 spiro atoms. The fourth-order valence-corrected chi connectivity index (χ4v) is 4.81. The van der Waals surface area contributed by atoms with Gasteiger partial charge in [0, 0.05) is 38.6 Å². The molecule has 2 unspecified atom stereocenters. The van der Waals surface area contributed by atoms with Gasteiger partial charge in [0.05, 0.1) is 0 Å². The van der Waals surface area contributed by atoms with E-state index in [-0.39, 0.29) is 5.91 Å². The van der Waals surface area contributed by atoms with E-state index in [1.807, 2.05) is 0 Å². The molecule has 3 aliphatic rings. The third-order valence-corrected chi connectivity index (χ3v) is 6.14. The average molecular weight is 365 g/mol. The smallest absolute Gasteiger partial charge is 0.289 e. The summed E-state index contributed by atoms with van der Waals surface area (Å²) in [5.41, 5.74) is 4.06. The van der Waals surface area contributed by atoms with Gasteiger partial charge in [-0.3, -0.25) is 9.69 Å². The van der Waals surface area contributed by atoms with Gasteiger partial charge in [0.15, 0.2) is 0 Å². The highest BCUT2D eigenvalue weighted by molar-refractivity contribution is 5.91. The van der Waals surface area contributed by atoms with E-state index >= 15 is 0 Å². The van der Waals surface area contributed by atoms with E-state index in [0.29, 0.717) is 23.7 Å². The van der Waals surface area contributed by atoms with Crippen molar-refractivity contribution in [2.75, 3.05) is 13.1 Å². The number of rotatable bonds is 4. The van der Waals surface area contributed by atoms with Crippen LogP contribution >= 0.6 is 0 Å². The summed E-state index contributed by atoms with van der Waals surface area (Å²) in [4.78, 5) is 15.0. The Kier molecular flexibility index (Phi) is 4.04. The summed E-state index contributed by atoms with van der Waals surface area (Å²) in [6.07, 6.45) is 3.10. The minimum Gasteiger partial charge on any atom is -0.347 e. The predicted molar refractivity (Wildman–Crippen MR) is 102 cm³/mol. The zero-order chi connectivity index (χ0) is 18.5. The highest BCUT2D eigenvalue weighted by atomic mass is 16.2. The first-order chi connectivity index (χ1) is 13.0. The van der Waals surface area contributed by atoms with Gasteiger partial charge in [-0.15, -0.1) is 10.2 Å². The van der Waals surface area contributed by atoms with Crippen molar-refractivity contribution < 1.29 is 4.79 Å². The molecule has 2 atom stereocenters. The standard InChI is InChI=1S/C21H27N5O/c1-13-5-14(2)7-15(6-13)9-25-10-16-8-19-23-24-20(21(27)22-18-3-4-18)26(19)12-17(16)11-25/h5-7,16-18H,3-4,8-12H2,1-2H3,(H,22,27). The summed E-state index contributed by atoms with van der Waals surface area (Å²) in [6, 6.07) is 7.17. The van der Waals surface area contributed by atoms with Crippen molar-refractivity contribution in [3.8, 4) is 0 Å². The van der Waals surface area contributed by atoms with Crippen molar-refractivity contribution in [2.24, 2.45) is 11.8 Å². The van der Waals surface area contributed by atoms with Crippen LogP contribution in [0.2, 0.25) is 0 Å². The Bertz CT molecular complexity index is 864. The Morgan fingerprint density at radius 1 is 1.07 bits per heavy atom. The van der Waals surface area contributed by atoms with Crippen molar-refractivity contribution in [3.63, 3.8) is 0 Å². The van der Waals surface area contributed by atoms with Crippen LogP contribution in [0.4, 0.5) is 0 Å². The van der Waals surface area contributed by atoms with E-state index in [9.17, 15) is 4.79 Å². The van der Waals surface area contributed by atoms with Crippen LogP contribution in [0.5, 0.6) is 0 Å². The lowest BCUT2D eigenvalue weighted by atomic mass is 9.89. The van der Waals surface area contributed by atoms with Crippen LogP contribution in [0.25, 0.3) is 0 Å². The van der Waals surface area contributed by atoms with Crippen molar-refractivity contribution in [2.45, 2.75) is 52.2 Å². The average Bonchev–Trinajstić information content (AvgIpc) is 3.18. The lowest BCUT2D eigenvalue weighted by Crippen LogP contribution is -2.33.